The molecule has 0 spiro atoms. The van der Waals surface area contributed by atoms with Crippen LogP contribution in [0.25, 0.3) is 0 Å². The van der Waals surface area contributed by atoms with Gasteiger partial charge in [0.2, 0.25) is 0 Å². The number of halogens is 1. The Morgan fingerprint density at radius 1 is 1.24 bits per heavy atom. The van der Waals surface area contributed by atoms with Crippen LogP contribution in [-0.4, -0.2) is 12.6 Å². The zero-order valence-electron chi connectivity index (χ0n) is 10.2. The molecule has 0 radical (unpaired) electrons. The lowest BCUT2D eigenvalue weighted by molar-refractivity contribution is 0.340. The molecule has 0 aromatic heterocycles. The zero-order valence-corrected chi connectivity index (χ0v) is 11.7. The Morgan fingerprint density at radius 2 is 1.94 bits per heavy atom. The number of nitrogens with one attached hydrogen (secondary N) is 1. The standard InChI is InChI=1S/C14H21BrN2/c15-13-9-5-4-8-12(13)14(10-16)17-11-6-2-1-3-7-11/h4-5,8-9,11,14,17H,1-3,6-7,10,16H2. The van der Waals surface area contributed by atoms with E-state index >= 15 is 0 Å². The van der Waals surface area contributed by atoms with Gasteiger partial charge in [-0.15, -0.1) is 0 Å². The van der Waals surface area contributed by atoms with Crippen molar-refractivity contribution in [2.24, 2.45) is 5.73 Å². The van der Waals surface area contributed by atoms with Gasteiger partial charge >= 0.3 is 0 Å². The summed E-state index contributed by atoms with van der Waals surface area (Å²) in [5.74, 6) is 0. The Hall–Kier alpha value is -0.380. The van der Waals surface area contributed by atoms with Crippen LogP contribution in [0, 0.1) is 0 Å². The fraction of sp³-hybridized carbons (Fsp3) is 0.571. The van der Waals surface area contributed by atoms with Crippen molar-refractivity contribution in [3.05, 3.63) is 34.3 Å². The van der Waals surface area contributed by atoms with E-state index in [-0.39, 0.29) is 6.04 Å². The third-order valence-electron chi connectivity index (χ3n) is 3.56. The lowest BCUT2D eigenvalue weighted by Crippen LogP contribution is -2.38. The smallest absolute Gasteiger partial charge is 0.0457 e. The van der Waals surface area contributed by atoms with Crippen molar-refractivity contribution in [3.8, 4) is 0 Å². The number of rotatable bonds is 4. The van der Waals surface area contributed by atoms with Crippen molar-refractivity contribution >= 4 is 15.9 Å². The van der Waals surface area contributed by atoms with E-state index in [1.54, 1.807) is 0 Å². The molecule has 3 N–H and O–H groups in total. The van der Waals surface area contributed by atoms with Gasteiger partial charge in [-0.3, -0.25) is 0 Å². The number of nitrogens with two attached hydrogens (primary N) is 1. The number of hydrogen-bond donors (Lipinski definition) is 2. The van der Waals surface area contributed by atoms with Crippen LogP contribution in [0.1, 0.15) is 43.7 Å². The molecule has 1 atom stereocenters. The van der Waals surface area contributed by atoms with E-state index in [0.717, 1.165) is 4.47 Å². The van der Waals surface area contributed by atoms with Crippen LogP contribution in [0.15, 0.2) is 28.7 Å². The molecule has 1 aromatic carbocycles. The molecule has 1 unspecified atom stereocenters. The predicted molar refractivity (Wildman–Crippen MR) is 75.9 cm³/mol. The van der Waals surface area contributed by atoms with Crippen LogP contribution in [0.3, 0.4) is 0 Å². The highest BCUT2D eigenvalue weighted by Gasteiger charge is 2.19. The third kappa shape index (κ3) is 3.54. The van der Waals surface area contributed by atoms with Gasteiger partial charge in [0.15, 0.2) is 0 Å². The second-order valence-corrected chi connectivity index (χ2v) is 5.67. The molecule has 3 heteroatoms. The number of benzene rings is 1. The number of hydrogen-bond acceptors (Lipinski definition) is 2. The van der Waals surface area contributed by atoms with Crippen molar-refractivity contribution in [3.63, 3.8) is 0 Å². The third-order valence-corrected chi connectivity index (χ3v) is 4.28. The van der Waals surface area contributed by atoms with Gasteiger partial charge in [0.1, 0.15) is 0 Å². The molecular weight excluding hydrogens is 276 g/mol. The van der Waals surface area contributed by atoms with Crippen LogP contribution in [0.5, 0.6) is 0 Å². The molecular formula is C14H21BrN2. The lowest BCUT2D eigenvalue weighted by atomic mass is 9.94. The van der Waals surface area contributed by atoms with E-state index in [4.69, 9.17) is 5.73 Å². The highest BCUT2D eigenvalue weighted by molar-refractivity contribution is 9.10. The first kappa shape index (κ1) is 13.1. The Morgan fingerprint density at radius 3 is 2.59 bits per heavy atom. The Balaban J connectivity index is 2.03. The van der Waals surface area contributed by atoms with Crippen LogP contribution in [-0.2, 0) is 0 Å². The molecule has 1 aromatic rings. The summed E-state index contributed by atoms with van der Waals surface area (Å²) >= 11 is 3.61. The maximum absolute atomic E-state index is 5.91. The molecule has 1 saturated carbocycles. The van der Waals surface area contributed by atoms with E-state index in [2.05, 4.69) is 39.4 Å². The summed E-state index contributed by atoms with van der Waals surface area (Å²) in [5.41, 5.74) is 7.19. The second kappa shape index (κ2) is 6.53. The molecule has 94 valence electrons. The van der Waals surface area contributed by atoms with Crippen molar-refractivity contribution in [1.29, 1.82) is 0 Å². The summed E-state index contributed by atoms with van der Waals surface area (Å²) < 4.78 is 1.15. The van der Waals surface area contributed by atoms with Gasteiger partial charge in [-0.05, 0) is 24.5 Å². The molecule has 0 aliphatic heterocycles. The van der Waals surface area contributed by atoms with Crippen molar-refractivity contribution in [2.75, 3.05) is 6.54 Å². The van der Waals surface area contributed by atoms with Crippen molar-refractivity contribution in [1.82, 2.24) is 5.32 Å². The maximum atomic E-state index is 5.91. The zero-order chi connectivity index (χ0) is 12.1. The molecule has 1 aliphatic carbocycles. The summed E-state index contributed by atoms with van der Waals surface area (Å²) in [4.78, 5) is 0. The monoisotopic (exact) mass is 296 g/mol. The minimum absolute atomic E-state index is 0.272. The Labute approximate surface area is 112 Å². The van der Waals surface area contributed by atoms with E-state index in [1.807, 2.05) is 6.07 Å². The van der Waals surface area contributed by atoms with Crippen LogP contribution >= 0.6 is 15.9 Å². The summed E-state index contributed by atoms with van der Waals surface area (Å²) in [6.07, 6.45) is 6.68. The molecule has 17 heavy (non-hydrogen) atoms. The highest BCUT2D eigenvalue weighted by atomic mass is 79.9. The second-order valence-electron chi connectivity index (χ2n) is 4.81. The molecule has 0 heterocycles. The van der Waals surface area contributed by atoms with E-state index in [9.17, 15) is 0 Å². The van der Waals surface area contributed by atoms with Gasteiger partial charge in [-0.1, -0.05) is 53.4 Å². The Kier molecular flexibility index (Phi) is 5.01. The first-order valence-corrected chi connectivity index (χ1v) is 7.31. The largest absolute Gasteiger partial charge is 0.329 e. The van der Waals surface area contributed by atoms with Crippen molar-refractivity contribution < 1.29 is 0 Å². The molecule has 2 nitrogen and oxygen atoms in total. The molecule has 0 amide bonds. The fourth-order valence-electron chi connectivity index (χ4n) is 2.60. The molecule has 2 rings (SSSR count). The minimum atomic E-state index is 0.272. The first-order valence-electron chi connectivity index (χ1n) is 6.52. The average molecular weight is 297 g/mol. The molecule has 1 aliphatic rings. The summed E-state index contributed by atoms with van der Waals surface area (Å²) in [5, 5.41) is 3.71. The van der Waals surface area contributed by atoms with Gasteiger partial charge in [0, 0.05) is 23.1 Å². The summed E-state index contributed by atoms with van der Waals surface area (Å²) in [7, 11) is 0. The molecule has 1 fully saturated rings. The van der Waals surface area contributed by atoms with Gasteiger partial charge in [-0.25, -0.2) is 0 Å². The average Bonchev–Trinajstić information content (AvgIpc) is 2.38. The SMILES string of the molecule is NCC(NC1CCCCC1)c1ccccc1Br. The lowest BCUT2D eigenvalue weighted by Gasteiger charge is -2.28. The fourth-order valence-corrected chi connectivity index (χ4v) is 3.16. The van der Waals surface area contributed by atoms with E-state index in [0.29, 0.717) is 12.6 Å². The Bertz CT molecular complexity index is 348. The van der Waals surface area contributed by atoms with Crippen LogP contribution in [0.4, 0.5) is 0 Å². The normalized spacial score (nSPS) is 19.2. The van der Waals surface area contributed by atoms with Crippen molar-refractivity contribution in [2.45, 2.75) is 44.2 Å². The molecule has 0 bridgehead atoms. The van der Waals surface area contributed by atoms with Gasteiger partial charge < -0.3 is 11.1 Å². The van der Waals surface area contributed by atoms with Crippen LogP contribution < -0.4 is 11.1 Å². The quantitative estimate of drug-likeness (QED) is 0.894. The minimum Gasteiger partial charge on any atom is -0.329 e. The first-order chi connectivity index (χ1) is 8.31. The van der Waals surface area contributed by atoms with Gasteiger partial charge in [-0.2, -0.15) is 0 Å². The maximum Gasteiger partial charge on any atom is 0.0457 e. The predicted octanol–water partition coefficient (Wildman–Crippen LogP) is 3.37. The van der Waals surface area contributed by atoms with Gasteiger partial charge in [0.25, 0.3) is 0 Å². The van der Waals surface area contributed by atoms with E-state index < -0.39 is 0 Å². The molecule has 0 saturated heterocycles. The summed E-state index contributed by atoms with van der Waals surface area (Å²) in [6.45, 7) is 0.652. The summed E-state index contributed by atoms with van der Waals surface area (Å²) in [6, 6.07) is 9.27. The highest BCUT2D eigenvalue weighted by Crippen LogP contribution is 2.25. The van der Waals surface area contributed by atoms with Crippen LogP contribution in [0.2, 0.25) is 0 Å². The topological polar surface area (TPSA) is 38.0 Å². The van der Waals surface area contributed by atoms with E-state index in [1.165, 1.54) is 37.7 Å². The van der Waals surface area contributed by atoms with Gasteiger partial charge in [0.05, 0.1) is 0 Å².